The lowest BCUT2D eigenvalue weighted by atomic mass is 9.99. The molecule has 1 aliphatic carbocycles. The second kappa shape index (κ2) is 9.35. The Labute approximate surface area is 191 Å². The fraction of sp³-hybridized carbons (Fsp3) is 0.481. The molecule has 0 unspecified atom stereocenters. The van der Waals surface area contributed by atoms with Gasteiger partial charge in [-0.05, 0) is 60.6 Å². The molecule has 168 valence electrons. The van der Waals surface area contributed by atoms with E-state index in [1.807, 2.05) is 21.9 Å². The van der Waals surface area contributed by atoms with Crippen molar-refractivity contribution in [1.29, 1.82) is 0 Å². The van der Waals surface area contributed by atoms with Crippen LogP contribution in [0.4, 0.5) is 5.69 Å². The second-order valence-electron chi connectivity index (χ2n) is 9.51. The van der Waals surface area contributed by atoms with Gasteiger partial charge in [-0.3, -0.25) is 9.59 Å². The minimum atomic E-state index is 0.0726. The minimum absolute atomic E-state index is 0.0726. The molecule has 0 atom stereocenters. The number of hydrogen-bond donors (Lipinski definition) is 0. The average molecular weight is 432 g/mol. The largest absolute Gasteiger partial charge is 0.367 e. The smallest absolute Gasteiger partial charge is 0.253 e. The van der Waals surface area contributed by atoms with Gasteiger partial charge in [0.1, 0.15) is 0 Å². The average Bonchev–Trinajstić information content (AvgIpc) is 3.36. The number of benzene rings is 2. The number of amides is 2. The normalized spacial score (nSPS) is 19.2. The Morgan fingerprint density at radius 3 is 2.16 bits per heavy atom. The number of carbonyl (C=O) groups excluding carboxylic acids is 2. The number of hydrogen-bond acceptors (Lipinski definition) is 3. The first-order valence-corrected chi connectivity index (χ1v) is 12.2. The van der Waals surface area contributed by atoms with E-state index in [4.69, 9.17) is 0 Å². The summed E-state index contributed by atoms with van der Waals surface area (Å²) < 4.78 is 0. The van der Waals surface area contributed by atoms with Gasteiger partial charge in [-0.2, -0.15) is 0 Å². The van der Waals surface area contributed by atoms with E-state index in [2.05, 4.69) is 41.3 Å². The van der Waals surface area contributed by atoms with E-state index in [0.29, 0.717) is 38.5 Å². The maximum atomic E-state index is 13.0. The molecule has 0 bridgehead atoms. The molecule has 2 fully saturated rings. The Morgan fingerprint density at radius 2 is 1.44 bits per heavy atom. The van der Waals surface area contributed by atoms with Crippen LogP contribution in [0.1, 0.15) is 53.6 Å². The quantitative estimate of drug-likeness (QED) is 0.732. The standard InChI is InChI=1S/C27H33N3O2/c31-26(19-21-5-1-2-6-21)28-15-17-29(18-16-28)27(32)23-9-11-25(12-10-23)30-14-13-22-7-3-4-8-24(22)20-30/h3-4,7-12,21H,1-2,5-6,13-20H2. The molecule has 0 aromatic heterocycles. The van der Waals surface area contributed by atoms with Gasteiger partial charge in [0.15, 0.2) is 0 Å². The molecule has 1 saturated heterocycles. The zero-order valence-electron chi connectivity index (χ0n) is 18.8. The summed E-state index contributed by atoms with van der Waals surface area (Å²) in [7, 11) is 0. The van der Waals surface area contributed by atoms with E-state index >= 15 is 0 Å². The van der Waals surface area contributed by atoms with Crippen molar-refractivity contribution in [3.05, 3.63) is 65.2 Å². The molecular weight excluding hydrogens is 398 g/mol. The van der Waals surface area contributed by atoms with Gasteiger partial charge < -0.3 is 14.7 Å². The third-order valence-corrected chi connectivity index (χ3v) is 7.47. The highest BCUT2D eigenvalue weighted by Crippen LogP contribution is 2.28. The lowest BCUT2D eigenvalue weighted by Gasteiger charge is -2.35. The fourth-order valence-corrected chi connectivity index (χ4v) is 5.46. The molecule has 1 saturated carbocycles. The SMILES string of the molecule is O=C(CC1CCCC1)N1CCN(C(=O)c2ccc(N3CCc4ccccc4C3)cc2)CC1. The van der Waals surface area contributed by atoms with Crippen LogP contribution < -0.4 is 4.90 Å². The number of carbonyl (C=O) groups is 2. The van der Waals surface area contributed by atoms with Gasteiger partial charge in [0.05, 0.1) is 0 Å². The first-order valence-electron chi connectivity index (χ1n) is 12.2. The summed E-state index contributed by atoms with van der Waals surface area (Å²) in [5.74, 6) is 0.925. The molecule has 0 spiro atoms. The van der Waals surface area contributed by atoms with E-state index in [1.165, 1.54) is 42.5 Å². The van der Waals surface area contributed by atoms with Gasteiger partial charge in [-0.25, -0.2) is 0 Å². The fourth-order valence-electron chi connectivity index (χ4n) is 5.46. The number of anilines is 1. The van der Waals surface area contributed by atoms with Crippen molar-refractivity contribution in [3.8, 4) is 0 Å². The van der Waals surface area contributed by atoms with Crippen LogP contribution in [0.15, 0.2) is 48.5 Å². The molecule has 2 aromatic rings. The molecule has 2 heterocycles. The van der Waals surface area contributed by atoms with E-state index in [1.54, 1.807) is 0 Å². The molecule has 5 heteroatoms. The third-order valence-electron chi connectivity index (χ3n) is 7.47. The maximum absolute atomic E-state index is 13.0. The molecule has 2 aliphatic heterocycles. The second-order valence-corrected chi connectivity index (χ2v) is 9.51. The summed E-state index contributed by atoms with van der Waals surface area (Å²) >= 11 is 0. The molecule has 2 aromatic carbocycles. The van der Waals surface area contributed by atoms with Crippen molar-refractivity contribution in [2.24, 2.45) is 5.92 Å². The first kappa shape index (κ1) is 21.0. The number of nitrogens with zero attached hydrogens (tertiary/aromatic N) is 3. The highest BCUT2D eigenvalue weighted by molar-refractivity contribution is 5.94. The Bertz CT molecular complexity index is 957. The zero-order valence-corrected chi connectivity index (χ0v) is 18.8. The predicted molar refractivity (Wildman–Crippen MR) is 127 cm³/mol. The summed E-state index contributed by atoms with van der Waals surface area (Å²) in [5, 5.41) is 0. The van der Waals surface area contributed by atoms with E-state index in [9.17, 15) is 9.59 Å². The summed E-state index contributed by atoms with van der Waals surface area (Å²) in [6.07, 6.45) is 6.68. The van der Waals surface area contributed by atoms with Crippen molar-refractivity contribution in [1.82, 2.24) is 9.80 Å². The lowest BCUT2D eigenvalue weighted by Crippen LogP contribution is -2.50. The highest BCUT2D eigenvalue weighted by atomic mass is 16.2. The molecule has 2 amide bonds. The van der Waals surface area contributed by atoms with Crippen molar-refractivity contribution in [3.63, 3.8) is 0 Å². The zero-order chi connectivity index (χ0) is 21.9. The van der Waals surface area contributed by atoms with E-state index in [-0.39, 0.29) is 11.8 Å². The van der Waals surface area contributed by atoms with Crippen molar-refractivity contribution in [2.45, 2.75) is 45.1 Å². The van der Waals surface area contributed by atoms with Crippen molar-refractivity contribution in [2.75, 3.05) is 37.6 Å². The van der Waals surface area contributed by atoms with E-state index < -0.39 is 0 Å². The van der Waals surface area contributed by atoms with Gasteiger partial charge in [-0.15, -0.1) is 0 Å². The molecule has 0 radical (unpaired) electrons. The Morgan fingerprint density at radius 1 is 0.781 bits per heavy atom. The van der Waals surface area contributed by atoms with Crippen LogP contribution in [-0.2, 0) is 17.8 Å². The predicted octanol–water partition coefficient (Wildman–Crippen LogP) is 4.11. The summed E-state index contributed by atoms with van der Waals surface area (Å²) in [4.78, 5) is 31.8. The van der Waals surface area contributed by atoms with Gasteiger partial charge in [0.25, 0.3) is 5.91 Å². The molecule has 5 nitrogen and oxygen atoms in total. The first-order chi connectivity index (χ1) is 15.7. The van der Waals surface area contributed by atoms with Crippen LogP contribution in [0.3, 0.4) is 0 Å². The van der Waals surface area contributed by atoms with E-state index in [0.717, 1.165) is 25.1 Å². The summed E-state index contributed by atoms with van der Waals surface area (Å²) in [6.45, 7) is 4.48. The molecule has 32 heavy (non-hydrogen) atoms. The van der Waals surface area contributed by atoms with Crippen LogP contribution >= 0.6 is 0 Å². The maximum Gasteiger partial charge on any atom is 0.253 e. The molecule has 5 rings (SSSR count). The van der Waals surface area contributed by atoms with Crippen LogP contribution in [0.5, 0.6) is 0 Å². The van der Waals surface area contributed by atoms with Crippen molar-refractivity contribution < 1.29 is 9.59 Å². The van der Waals surface area contributed by atoms with Crippen molar-refractivity contribution >= 4 is 17.5 Å². The van der Waals surface area contributed by atoms with Crippen LogP contribution in [0.2, 0.25) is 0 Å². The number of rotatable bonds is 4. The van der Waals surface area contributed by atoms with Crippen LogP contribution in [-0.4, -0.2) is 54.3 Å². The van der Waals surface area contributed by atoms with Crippen LogP contribution in [0.25, 0.3) is 0 Å². The molecular formula is C27H33N3O2. The Hall–Kier alpha value is -2.82. The van der Waals surface area contributed by atoms with Gasteiger partial charge in [0, 0.05) is 56.9 Å². The lowest BCUT2D eigenvalue weighted by molar-refractivity contribution is -0.133. The van der Waals surface area contributed by atoms with Crippen LogP contribution in [0, 0.1) is 5.92 Å². The topological polar surface area (TPSA) is 43.9 Å². The number of fused-ring (bicyclic) bond motifs is 1. The Balaban J connectivity index is 1.15. The van der Waals surface area contributed by atoms with Gasteiger partial charge >= 0.3 is 0 Å². The molecule has 0 N–H and O–H groups in total. The third kappa shape index (κ3) is 4.52. The minimum Gasteiger partial charge on any atom is -0.367 e. The molecule has 3 aliphatic rings. The van der Waals surface area contributed by atoms with Gasteiger partial charge in [-0.1, -0.05) is 37.1 Å². The Kier molecular flexibility index (Phi) is 6.15. The monoisotopic (exact) mass is 431 g/mol. The number of piperazine rings is 1. The highest BCUT2D eigenvalue weighted by Gasteiger charge is 2.27. The summed E-state index contributed by atoms with van der Waals surface area (Å²) in [6, 6.07) is 16.7. The summed E-state index contributed by atoms with van der Waals surface area (Å²) in [5.41, 5.74) is 4.73. The van der Waals surface area contributed by atoms with Gasteiger partial charge in [0.2, 0.25) is 5.91 Å².